The molecule has 0 saturated carbocycles. The van der Waals surface area contributed by atoms with Gasteiger partial charge in [0, 0.05) is 11.8 Å². The van der Waals surface area contributed by atoms with Crippen molar-refractivity contribution in [2.75, 3.05) is 0 Å². The highest BCUT2D eigenvalue weighted by atomic mass is 35.5. The van der Waals surface area contributed by atoms with Gasteiger partial charge in [0.25, 0.3) is 5.56 Å². The number of benzene rings is 1. The van der Waals surface area contributed by atoms with E-state index in [2.05, 4.69) is 15.1 Å². The zero-order valence-electron chi connectivity index (χ0n) is 13.9. The van der Waals surface area contributed by atoms with Gasteiger partial charge in [-0.2, -0.15) is 5.10 Å². The van der Waals surface area contributed by atoms with E-state index in [9.17, 15) is 4.79 Å². The summed E-state index contributed by atoms with van der Waals surface area (Å²) in [5, 5.41) is 4.08. The van der Waals surface area contributed by atoms with Crippen LogP contribution in [0.2, 0.25) is 0 Å². The van der Waals surface area contributed by atoms with E-state index in [0.29, 0.717) is 18.7 Å². The molecular formula is C15H22Cl2N8O. The molecule has 11 heteroatoms. The fourth-order valence-electron chi connectivity index (χ4n) is 2.01. The highest BCUT2D eigenvalue weighted by Gasteiger charge is 2.05. The zero-order valence-corrected chi connectivity index (χ0v) is 15.5. The third kappa shape index (κ3) is 6.99. The number of nitrogens with two attached hydrogens (primary N) is 4. The van der Waals surface area contributed by atoms with Gasteiger partial charge in [-0.15, -0.1) is 24.8 Å². The molecule has 0 aliphatic carbocycles. The van der Waals surface area contributed by atoms with Crippen molar-refractivity contribution in [1.82, 2.24) is 9.78 Å². The molecule has 0 radical (unpaired) electrons. The van der Waals surface area contributed by atoms with Crippen molar-refractivity contribution in [2.24, 2.45) is 32.9 Å². The normalized spacial score (nSPS) is 9.38. The van der Waals surface area contributed by atoms with E-state index >= 15 is 0 Å². The van der Waals surface area contributed by atoms with Gasteiger partial charge >= 0.3 is 0 Å². The number of aromatic nitrogens is 2. The molecule has 0 aliphatic rings. The highest BCUT2D eigenvalue weighted by molar-refractivity contribution is 5.85. The molecular weight excluding hydrogens is 379 g/mol. The van der Waals surface area contributed by atoms with E-state index in [1.807, 2.05) is 24.3 Å². The molecule has 0 amide bonds. The Kier molecular flexibility index (Phi) is 9.78. The summed E-state index contributed by atoms with van der Waals surface area (Å²) in [4.78, 5) is 20.1. The van der Waals surface area contributed by atoms with Gasteiger partial charge in [-0.3, -0.25) is 4.79 Å². The molecule has 1 aromatic carbocycles. The third-order valence-electron chi connectivity index (χ3n) is 3.22. The van der Waals surface area contributed by atoms with Crippen molar-refractivity contribution < 1.29 is 0 Å². The summed E-state index contributed by atoms with van der Waals surface area (Å²) in [5.41, 5.74) is 23.3. The van der Waals surface area contributed by atoms with Crippen molar-refractivity contribution in [1.29, 1.82) is 0 Å². The van der Waals surface area contributed by atoms with Gasteiger partial charge in [-0.05, 0) is 17.2 Å². The fourth-order valence-corrected chi connectivity index (χ4v) is 2.01. The minimum absolute atomic E-state index is 0. The van der Waals surface area contributed by atoms with E-state index in [1.165, 1.54) is 4.68 Å². The van der Waals surface area contributed by atoms with Crippen LogP contribution in [0, 0.1) is 0 Å². The lowest BCUT2D eigenvalue weighted by atomic mass is 10.1. The van der Waals surface area contributed by atoms with Crippen molar-refractivity contribution in [2.45, 2.75) is 19.6 Å². The molecule has 142 valence electrons. The minimum atomic E-state index is -0.230. The number of nitrogens with zero attached hydrogens (tertiary/aromatic N) is 4. The SMILES string of the molecule is Cl.Cl.NC(N)=NCc1ccc(Cn2nccc(CN=C(N)N)c2=O)cc1. The van der Waals surface area contributed by atoms with Crippen molar-refractivity contribution in [3.8, 4) is 0 Å². The van der Waals surface area contributed by atoms with E-state index in [4.69, 9.17) is 22.9 Å². The summed E-state index contributed by atoms with van der Waals surface area (Å²) >= 11 is 0. The minimum Gasteiger partial charge on any atom is -0.370 e. The molecule has 0 fully saturated rings. The second-order valence-electron chi connectivity index (χ2n) is 5.12. The second-order valence-corrected chi connectivity index (χ2v) is 5.12. The van der Waals surface area contributed by atoms with Crippen LogP contribution in [0.25, 0.3) is 0 Å². The summed E-state index contributed by atoms with van der Waals surface area (Å²) in [6.45, 7) is 0.882. The topological polar surface area (TPSA) is 164 Å². The largest absolute Gasteiger partial charge is 0.370 e. The maximum atomic E-state index is 12.3. The molecule has 9 nitrogen and oxygen atoms in total. The van der Waals surface area contributed by atoms with Crippen LogP contribution in [0.4, 0.5) is 0 Å². The van der Waals surface area contributed by atoms with Crippen molar-refractivity contribution >= 4 is 36.7 Å². The van der Waals surface area contributed by atoms with Crippen LogP contribution in [0.5, 0.6) is 0 Å². The lowest BCUT2D eigenvalue weighted by Gasteiger charge is -2.07. The number of halogens is 2. The molecule has 2 rings (SSSR count). The zero-order chi connectivity index (χ0) is 17.5. The highest BCUT2D eigenvalue weighted by Crippen LogP contribution is 2.06. The van der Waals surface area contributed by atoms with Gasteiger partial charge in [0.15, 0.2) is 11.9 Å². The Morgan fingerprint density at radius 1 is 0.885 bits per heavy atom. The van der Waals surface area contributed by atoms with Crippen LogP contribution in [-0.4, -0.2) is 21.7 Å². The Labute approximate surface area is 163 Å². The van der Waals surface area contributed by atoms with Gasteiger partial charge in [0.2, 0.25) is 0 Å². The molecule has 0 unspecified atom stereocenters. The maximum absolute atomic E-state index is 12.3. The standard InChI is InChI=1S/C15H20N8O.2ClH/c16-14(17)20-7-10-1-3-11(4-2-10)9-23-13(24)12(5-6-22-23)8-21-15(18)19;;/h1-6H,7-9H2,(H4,16,17,20)(H4,18,19,21);2*1H. The smallest absolute Gasteiger partial charge is 0.272 e. The van der Waals surface area contributed by atoms with Gasteiger partial charge in [-0.25, -0.2) is 14.7 Å². The lowest BCUT2D eigenvalue weighted by Crippen LogP contribution is -2.27. The van der Waals surface area contributed by atoms with E-state index in [1.54, 1.807) is 12.3 Å². The molecule has 26 heavy (non-hydrogen) atoms. The summed E-state index contributed by atoms with van der Waals surface area (Å²) in [5.74, 6) is -0.0125. The van der Waals surface area contributed by atoms with Gasteiger partial charge in [0.05, 0.1) is 19.6 Å². The predicted octanol–water partition coefficient (Wildman–Crippen LogP) is -0.318. The fraction of sp³-hybridized carbons (Fsp3) is 0.200. The number of guanidine groups is 2. The summed E-state index contributed by atoms with van der Waals surface area (Å²) in [6.07, 6.45) is 1.55. The first-order valence-electron chi connectivity index (χ1n) is 7.19. The molecule has 1 heterocycles. The number of hydrogen-bond acceptors (Lipinski definition) is 4. The maximum Gasteiger partial charge on any atom is 0.272 e. The number of aliphatic imine (C=N–C) groups is 2. The Morgan fingerprint density at radius 3 is 2.00 bits per heavy atom. The Bertz CT molecular complexity index is 809. The van der Waals surface area contributed by atoms with Crippen molar-refractivity contribution in [3.05, 3.63) is 63.6 Å². The van der Waals surface area contributed by atoms with Crippen molar-refractivity contribution in [3.63, 3.8) is 0 Å². The van der Waals surface area contributed by atoms with E-state index in [0.717, 1.165) is 11.1 Å². The lowest BCUT2D eigenvalue weighted by molar-refractivity contribution is 0.629. The molecule has 0 atom stereocenters. The van der Waals surface area contributed by atoms with Crippen LogP contribution in [0.3, 0.4) is 0 Å². The van der Waals surface area contributed by atoms with Gasteiger partial charge in [0.1, 0.15) is 0 Å². The Morgan fingerprint density at radius 2 is 1.42 bits per heavy atom. The predicted molar refractivity (Wildman–Crippen MR) is 108 cm³/mol. The number of rotatable bonds is 6. The average molecular weight is 401 g/mol. The first-order chi connectivity index (χ1) is 11.5. The van der Waals surface area contributed by atoms with E-state index in [-0.39, 0.29) is 48.8 Å². The first kappa shape index (κ1) is 23.2. The monoisotopic (exact) mass is 400 g/mol. The van der Waals surface area contributed by atoms with Crippen LogP contribution in [-0.2, 0) is 19.6 Å². The molecule has 2 aromatic rings. The van der Waals surface area contributed by atoms with Gasteiger partial charge < -0.3 is 22.9 Å². The van der Waals surface area contributed by atoms with E-state index < -0.39 is 0 Å². The molecule has 0 bridgehead atoms. The Balaban J connectivity index is 0.00000312. The van der Waals surface area contributed by atoms with Crippen LogP contribution in [0.1, 0.15) is 16.7 Å². The number of hydrogen-bond donors (Lipinski definition) is 4. The summed E-state index contributed by atoms with van der Waals surface area (Å²) in [6, 6.07) is 9.19. The third-order valence-corrected chi connectivity index (χ3v) is 3.22. The van der Waals surface area contributed by atoms with Gasteiger partial charge in [-0.1, -0.05) is 24.3 Å². The summed E-state index contributed by atoms with van der Waals surface area (Å²) < 4.78 is 1.36. The molecule has 0 aliphatic heterocycles. The first-order valence-corrected chi connectivity index (χ1v) is 7.19. The van der Waals surface area contributed by atoms with Crippen LogP contribution >= 0.6 is 24.8 Å². The quantitative estimate of drug-likeness (QED) is 0.383. The Hall–Kier alpha value is -2.78. The van der Waals surface area contributed by atoms with Crippen LogP contribution in [0.15, 0.2) is 51.3 Å². The average Bonchev–Trinajstić information content (AvgIpc) is 2.55. The summed E-state index contributed by atoms with van der Waals surface area (Å²) in [7, 11) is 0. The van der Waals surface area contributed by atoms with Crippen LogP contribution < -0.4 is 28.5 Å². The molecule has 0 saturated heterocycles. The molecule has 0 spiro atoms. The second kappa shape index (κ2) is 11.0. The molecule has 1 aromatic heterocycles. The molecule has 8 N–H and O–H groups in total.